The number of carbonyl (C=O) groups excluding carboxylic acids is 1. The molecule has 1 aliphatic heterocycles. The summed E-state index contributed by atoms with van der Waals surface area (Å²) in [5.41, 5.74) is 2.36. The molecule has 5 heteroatoms. The molecule has 1 unspecified atom stereocenters. The van der Waals surface area contributed by atoms with Gasteiger partial charge in [-0.15, -0.1) is 0 Å². The van der Waals surface area contributed by atoms with Crippen molar-refractivity contribution >= 4 is 11.6 Å². The molecule has 1 atom stereocenters. The molecule has 0 radical (unpaired) electrons. The molecule has 1 fully saturated rings. The second kappa shape index (κ2) is 8.15. The molecule has 122 valence electrons. The third-order valence-corrected chi connectivity index (χ3v) is 4.00. The van der Waals surface area contributed by atoms with E-state index in [4.69, 9.17) is 9.47 Å². The van der Waals surface area contributed by atoms with Crippen LogP contribution in [0.3, 0.4) is 0 Å². The largest absolute Gasteiger partial charge is 0.382 e. The zero-order valence-corrected chi connectivity index (χ0v) is 13.7. The van der Waals surface area contributed by atoms with Crippen LogP contribution in [0, 0.1) is 0 Å². The molecule has 1 aromatic carbocycles. The van der Waals surface area contributed by atoms with Gasteiger partial charge in [-0.1, -0.05) is 12.1 Å². The SMILES string of the molecule is COCCOCC(=O)N1CCCC1c1cccc(N(C)C)c1. The molecule has 22 heavy (non-hydrogen) atoms. The number of hydrogen-bond acceptors (Lipinski definition) is 4. The van der Waals surface area contributed by atoms with Crippen molar-refractivity contribution in [1.29, 1.82) is 0 Å². The number of carbonyl (C=O) groups is 1. The van der Waals surface area contributed by atoms with Gasteiger partial charge < -0.3 is 19.3 Å². The molecule has 0 spiro atoms. The fraction of sp³-hybridized carbons (Fsp3) is 0.588. The van der Waals surface area contributed by atoms with E-state index in [-0.39, 0.29) is 18.6 Å². The molecule has 1 amide bonds. The van der Waals surface area contributed by atoms with Crippen LogP contribution < -0.4 is 4.90 Å². The van der Waals surface area contributed by atoms with Gasteiger partial charge >= 0.3 is 0 Å². The van der Waals surface area contributed by atoms with Gasteiger partial charge in [0.25, 0.3) is 0 Å². The number of nitrogens with zero attached hydrogens (tertiary/aromatic N) is 2. The Morgan fingerprint density at radius 1 is 1.36 bits per heavy atom. The van der Waals surface area contributed by atoms with Gasteiger partial charge in [-0.05, 0) is 30.5 Å². The van der Waals surface area contributed by atoms with Crippen LogP contribution in [0.5, 0.6) is 0 Å². The van der Waals surface area contributed by atoms with E-state index in [0.29, 0.717) is 13.2 Å². The summed E-state index contributed by atoms with van der Waals surface area (Å²) < 4.78 is 10.3. The molecule has 0 bridgehead atoms. The normalized spacial score (nSPS) is 17.8. The summed E-state index contributed by atoms with van der Waals surface area (Å²) in [5.74, 6) is 0.0638. The van der Waals surface area contributed by atoms with Crippen LogP contribution in [0.2, 0.25) is 0 Å². The Bertz CT molecular complexity index is 491. The van der Waals surface area contributed by atoms with Crippen molar-refractivity contribution in [2.75, 3.05) is 52.5 Å². The quantitative estimate of drug-likeness (QED) is 0.723. The van der Waals surface area contributed by atoms with Crippen LogP contribution in [-0.4, -0.2) is 58.4 Å². The molecule has 5 nitrogen and oxygen atoms in total. The Morgan fingerprint density at radius 2 is 2.18 bits per heavy atom. The van der Waals surface area contributed by atoms with Gasteiger partial charge in [-0.2, -0.15) is 0 Å². The van der Waals surface area contributed by atoms with E-state index >= 15 is 0 Å². The predicted molar refractivity (Wildman–Crippen MR) is 87.2 cm³/mol. The predicted octanol–water partition coefficient (Wildman–Crippen LogP) is 2.08. The molecular formula is C17H26N2O3. The first-order valence-electron chi connectivity index (χ1n) is 7.77. The Hall–Kier alpha value is -1.59. The van der Waals surface area contributed by atoms with Crippen LogP contribution in [-0.2, 0) is 14.3 Å². The number of rotatable bonds is 7. The van der Waals surface area contributed by atoms with Crippen molar-refractivity contribution in [1.82, 2.24) is 4.90 Å². The van der Waals surface area contributed by atoms with Gasteiger partial charge in [-0.3, -0.25) is 4.79 Å². The Morgan fingerprint density at radius 3 is 2.91 bits per heavy atom. The smallest absolute Gasteiger partial charge is 0.249 e. The van der Waals surface area contributed by atoms with Crippen LogP contribution in [0.1, 0.15) is 24.4 Å². The lowest BCUT2D eigenvalue weighted by atomic mass is 10.0. The zero-order valence-electron chi connectivity index (χ0n) is 13.7. The fourth-order valence-electron chi connectivity index (χ4n) is 2.81. The van der Waals surface area contributed by atoms with E-state index in [9.17, 15) is 4.79 Å². The zero-order chi connectivity index (χ0) is 15.9. The fourth-order valence-corrected chi connectivity index (χ4v) is 2.81. The molecule has 0 aromatic heterocycles. The van der Waals surface area contributed by atoms with Crippen molar-refractivity contribution in [3.05, 3.63) is 29.8 Å². The Kier molecular flexibility index (Phi) is 6.21. The summed E-state index contributed by atoms with van der Waals surface area (Å²) in [6, 6.07) is 8.58. The molecule has 1 heterocycles. The van der Waals surface area contributed by atoms with Crippen molar-refractivity contribution in [3.8, 4) is 0 Å². The summed E-state index contributed by atoms with van der Waals surface area (Å²) in [5, 5.41) is 0. The minimum absolute atomic E-state index is 0.0638. The highest BCUT2D eigenvalue weighted by Crippen LogP contribution is 2.33. The lowest BCUT2D eigenvalue weighted by molar-refractivity contribution is -0.137. The highest BCUT2D eigenvalue weighted by Gasteiger charge is 2.29. The second-order valence-corrected chi connectivity index (χ2v) is 5.78. The summed E-state index contributed by atoms with van der Waals surface area (Å²) in [6.45, 7) is 1.91. The summed E-state index contributed by atoms with van der Waals surface area (Å²) in [4.78, 5) is 16.4. The Balaban J connectivity index is 2.00. The number of anilines is 1. The first-order chi connectivity index (χ1) is 10.6. The van der Waals surface area contributed by atoms with Gasteiger partial charge in [0.15, 0.2) is 0 Å². The number of likely N-dealkylation sites (tertiary alicyclic amines) is 1. The van der Waals surface area contributed by atoms with Gasteiger partial charge in [0.05, 0.1) is 19.3 Å². The molecule has 0 aliphatic carbocycles. The third-order valence-electron chi connectivity index (χ3n) is 4.00. The van der Waals surface area contributed by atoms with E-state index in [1.807, 2.05) is 19.0 Å². The molecule has 0 saturated carbocycles. The highest BCUT2D eigenvalue weighted by atomic mass is 16.5. The summed E-state index contributed by atoms with van der Waals surface area (Å²) in [7, 11) is 5.68. The average molecular weight is 306 g/mol. The minimum atomic E-state index is 0.0638. The number of hydrogen-bond donors (Lipinski definition) is 0. The van der Waals surface area contributed by atoms with Crippen molar-refractivity contribution in [3.63, 3.8) is 0 Å². The molecule has 2 rings (SSSR count). The standard InChI is InChI=1S/C17H26N2O3/c1-18(2)15-7-4-6-14(12-15)16-8-5-9-19(16)17(20)13-22-11-10-21-3/h4,6-7,12,16H,5,8-11,13H2,1-3H3. The van der Waals surface area contributed by atoms with Crippen LogP contribution >= 0.6 is 0 Å². The number of amides is 1. The van der Waals surface area contributed by atoms with E-state index in [2.05, 4.69) is 29.2 Å². The van der Waals surface area contributed by atoms with E-state index in [0.717, 1.165) is 25.1 Å². The Labute approximate surface area is 132 Å². The first-order valence-corrected chi connectivity index (χ1v) is 7.77. The monoisotopic (exact) mass is 306 g/mol. The summed E-state index contributed by atoms with van der Waals surface area (Å²) >= 11 is 0. The first kappa shape index (κ1) is 16.8. The van der Waals surface area contributed by atoms with Crippen LogP contribution in [0.15, 0.2) is 24.3 Å². The molecule has 1 saturated heterocycles. The average Bonchev–Trinajstić information content (AvgIpc) is 3.01. The molecule has 1 aliphatic rings. The maximum absolute atomic E-state index is 12.4. The number of methoxy groups -OCH3 is 1. The third kappa shape index (κ3) is 4.21. The minimum Gasteiger partial charge on any atom is -0.382 e. The van der Waals surface area contributed by atoms with Crippen molar-refractivity contribution in [2.45, 2.75) is 18.9 Å². The number of benzene rings is 1. The van der Waals surface area contributed by atoms with Crippen molar-refractivity contribution < 1.29 is 14.3 Å². The lowest BCUT2D eigenvalue weighted by Gasteiger charge is -2.26. The van der Waals surface area contributed by atoms with Crippen LogP contribution in [0.4, 0.5) is 5.69 Å². The van der Waals surface area contributed by atoms with Gasteiger partial charge in [0.1, 0.15) is 6.61 Å². The number of ether oxygens (including phenoxy) is 2. The molecule has 1 aromatic rings. The molecular weight excluding hydrogens is 280 g/mol. The van der Waals surface area contributed by atoms with E-state index in [1.54, 1.807) is 7.11 Å². The second-order valence-electron chi connectivity index (χ2n) is 5.78. The highest BCUT2D eigenvalue weighted by molar-refractivity contribution is 5.78. The topological polar surface area (TPSA) is 42.0 Å². The lowest BCUT2D eigenvalue weighted by Crippen LogP contribution is -2.34. The van der Waals surface area contributed by atoms with Gasteiger partial charge in [-0.25, -0.2) is 0 Å². The van der Waals surface area contributed by atoms with E-state index in [1.165, 1.54) is 5.56 Å². The maximum Gasteiger partial charge on any atom is 0.249 e. The molecule has 0 N–H and O–H groups in total. The summed E-state index contributed by atoms with van der Waals surface area (Å²) in [6.07, 6.45) is 2.06. The van der Waals surface area contributed by atoms with Crippen molar-refractivity contribution in [2.24, 2.45) is 0 Å². The van der Waals surface area contributed by atoms with E-state index < -0.39 is 0 Å². The maximum atomic E-state index is 12.4. The van der Waals surface area contributed by atoms with Crippen LogP contribution in [0.25, 0.3) is 0 Å². The van der Waals surface area contributed by atoms with Gasteiger partial charge in [0, 0.05) is 33.4 Å². The van der Waals surface area contributed by atoms with Gasteiger partial charge in [0.2, 0.25) is 5.91 Å².